The lowest BCUT2D eigenvalue weighted by molar-refractivity contribution is -0.136. The second-order valence-corrected chi connectivity index (χ2v) is 9.88. The Balaban J connectivity index is 1.70. The van der Waals surface area contributed by atoms with E-state index in [1.165, 1.54) is 0 Å². The van der Waals surface area contributed by atoms with Crippen molar-refractivity contribution < 1.29 is 17.6 Å². The Morgan fingerprint density at radius 2 is 1.91 bits per heavy atom. The molecule has 1 amide bonds. The van der Waals surface area contributed by atoms with Gasteiger partial charge in [0.05, 0.1) is 18.1 Å². The number of oxazole rings is 1. The highest BCUT2D eigenvalue weighted by atomic mass is 32.2. The van der Waals surface area contributed by atoms with Crippen LogP contribution in [0, 0.1) is 5.92 Å². The Hall–Kier alpha value is -1.37. The molecular formula is C16H24N2O4S. The summed E-state index contributed by atoms with van der Waals surface area (Å²) in [7, 11) is -2.94. The Kier molecular flexibility index (Phi) is 4.02. The minimum atomic E-state index is -2.94. The maximum Gasteiger partial charge on any atom is 0.226 e. The minimum Gasteiger partial charge on any atom is -0.445 e. The summed E-state index contributed by atoms with van der Waals surface area (Å²) < 4.78 is 28.9. The molecule has 1 fully saturated rings. The molecule has 0 atom stereocenters. The van der Waals surface area contributed by atoms with Crippen LogP contribution in [0.4, 0.5) is 0 Å². The molecule has 3 heterocycles. The van der Waals surface area contributed by atoms with E-state index in [-0.39, 0.29) is 28.7 Å². The van der Waals surface area contributed by atoms with E-state index in [0.717, 1.165) is 11.5 Å². The third-order valence-electron chi connectivity index (χ3n) is 4.58. The molecule has 7 heteroatoms. The fraction of sp³-hybridized carbons (Fsp3) is 0.750. The Bertz CT molecular complexity index is 701. The fourth-order valence-corrected chi connectivity index (χ4v) is 4.59. The maximum absolute atomic E-state index is 12.7. The van der Waals surface area contributed by atoms with Crippen molar-refractivity contribution in [2.45, 2.75) is 52.0 Å². The first-order valence-electron chi connectivity index (χ1n) is 8.14. The van der Waals surface area contributed by atoms with E-state index in [9.17, 15) is 13.2 Å². The average molecular weight is 340 g/mol. The summed E-state index contributed by atoms with van der Waals surface area (Å²) in [6, 6.07) is 0. The van der Waals surface area contributed by atoms with Crippen molar-refractivity contribution in [3.8, 4) is 0 Å². The Morgan fingerprint density at radius 3 is 2.52 bits per heavy atom. The lowest BCUT2D eigenvalue weighted by Gasteiger charge is -2.30. The van der Waals surface area contributed by atoms with Crippen LogP contribution in [0.1, 0.15) is 51.0 Å². The molecular weight excluding hydrogens is 316 g/mol. The number of carbonyl (C=O) groups excluding carboxylic acids is 1. The quantitative estimate of drug-likeness (QED) is 0.777. The summed E-state index contributed by atoms with van der Waals surface area (Å²) in [6.45, 7) is 7.24. The molecule has 0 aliphatic carbocycles. The summed E-state index contributed by atoms with van der Waals surface area (Å²) in [5.41, 5.74) is 0.696. The van der Waals surface area contributed by atoms with Crippen LogP contribution in [-0.4, -0.2) is 42.3 Å². The van der Waals surface area contributed by atoms with Crippen LogP contribution >= 0.6 is 0 Å². The van der Waals surface area contributed by atoms with Crippen LogP contribution in [0.25, 0.3) is 0 Å². The van der Waals surface area contributed by atoms with Crippen LogP contribution in [0.2, 0.25) is 0 Å². The first kappa shape index (κ1) is 16.5. The van der Waals surface area contributed by atoms with E-state index in [4.69, 9.17) is 4.42 Å². The van der Waals surface area contributed by atoms with Crippen molar-refractivity contribution in [1.29, 1.82) is 0 Å². The molecule has 6 nitrogen and oxygen atoms in total. The predicted octanol–water partition coefficient (Wildman–Crippen LogP) is 1.68. The lowest BCUT2D eigenvalue weighted by atomic mass is 9.97. The molecule has 23 heavy (non-hydrogen) atoms. The van der Waals surface area contributed by atoms with Crippen molar-refractivity contribution in [3.63, 3.8) is 0 Å². The molecule has 0 spiro atoms. The maximum atomic E-state index is 12.7. The van der Waals surface area contributed by atoms with Gasteiger partial charge in [-0.25, -0.2) is 13.4 Å². The number of aromatic nitrogens is 1. The molecule has 0 unspecified atom stereocenters. The standard InChI is InChI=1S/C16H24N2O4S/c1-16(2,3)15-17-12-10-18(7-4-13(12)22-15)14(19)11-5-8-23(20,21)9-6-11/h11H,4-10H2,1-3H3. The SMILES string of the molecule is CC(C)(C)c1nc2c(o1)CCN(C(=O)C1CCS(=O)(=O)CC1)C2. The Morgan fingerprint density at radius 1 is 1.26 bits per heavy atom. The number of nitrogens with zero attached hydrogens (tertiary/aromatic N) is 2. The second-order valence-electron chi connectivity index (χ2n) is 7.57. The summed E-state index contributed by atoms with van der Waals surface area (Å²) in [6.07, 6.45) is 1.56. The molecule has 0 aromatic carbocycles. The zero-order valence-electron chi connectivity index (χ0n) is 14.0. The van der Waals surface area contributed by atoms with Gasteiger partial charge in [-0.2, -0.15) is 0 Å². The number of sulfone groups is 1. The van der Waals surface area contributed by atoms with Gasteiger partial charge in [-0.15, -0.1) is 0 Å². The van der Waals surface area contributed by atoms with E-state index < -0.39 is 9.84 Å². The molecule has 0 radical (unpaired) electrons. The van der Waals surface area contributed by atoms with Crippen LogP contribution in [-0.2, 0) is 33.0 Å². The summed E-state index contributed by atoms with van der Waals surface area (Å²) >= 11 is 0. The molecule has 2 aliphatic heterocycles. The smallest absolute Gasteiger partial charge is 0.226 e. The van der Waals surface area contributed by atoms with Gasteiger partial charge in [-0.1, -0.05) is 20.8 Å². The van der Waals surface area contributed by atoms with Gasteiger partial charge in [0.25, 0.3) is 0 Å². The lowest BCUT2D eigenvalue weighted by Crippen LogP contribution is -2.42. The third kappa shape index (κ3) is 3.44. The fourth-order valence-electron chi connectivity index (χ4n) is 3.10. The highest BCUT2D eigenvalue weighted by molar-refractivity contribution is 7.91. The van der Waals surface area contributed by atoms with Crippen molar-refractivity contribution >= 4 is 15.7 Å². The van der Waals surface area contributed by atoms with E-state index in [2.05, 4.69) is 25.8 Å². The van der Waals surface area contributed by atoms with Gasteiger partial charge in [0, 0.05) is 24.3 Å². The van der Waals surface area contributed by atoms with Crippen LogP contribution in [0.5, 0.6) is 0 Å². The van der Waals surface area contributed by atoms with Gasteiger partial charge in [-0.3, -0.25) is 4.79 Å². The van der Waals surface area contributed by atoms with Gasteiger partial charge in [0.1, 0.15) is 21.3 Å². The number of carbonyl (C=O) groups is 1. The van der Waals surface area contributed by atoms with Gasteiger partial charge in [0.2, 0.25) is 5.91 Å². The topological polar surface area (TPSA) is 80.5 Å². The van der Waals surface area contributed by atoms with Crippen LogP contribution in [0.3, 0.4) is 0 Å². The van der Waals surface area contributed by atoms with Crippen molar-refractivity contribution in [1.82, 2.24) is 9.88 Å². The molecule has 0 N–H and O–H groups in total. The molecule has 1 aromatic heterocycles. The molecule has 1 aromatic rings. The number of hydrogen-bond donors (Lipinski definition) is 0. The van der Waals surface area contributed by atoms with Crippen molar-refractivity contribution in [2.24, 2.45) is 5.92 Å². The first-order chi connectivity index (χ1) is 10.7. The number of amides is 1. The first-order valence-corrected chi connectivity index (χ1v) is 9.96. The minimum absolute atomic E-state index is 0.0610. The highest BCUT2D eigenvalue weighted by Crippen LogP contribution is 2.29. The normalized spacial score (nSPS) is 22.0. The van der Waals surface area contributed by atoms with Gasteiger partial charge >= 0.3 is 0 Å². The molecule has 3 rings (SSSR count). The number of fused-ring (bicyclic) bond motifs is 1. The molecule has 0 saturated carbocycles. The summed E-state index contributed by atoms with van der Waals surface area (Å²) in [4.78, 5) is 19.0. The summed E-state index contributed by atoms with van der Waals surface area (Å²) in [5.74, 6) is 1.73. The number of rotatable bonds is 1. The Labute approximate surface area is 137 Å². The van der Waals surface area contributed by atoms with Crippen molar-refractivity contribution in [2.75, 3.05) is 18.1 Å². The van der Waals surface area contributed by atoms with Crippen LogP contribution in [0.15, 0.2) is 4.42 Å². The summed E-state index contributed by atoms with van der Waals surface area (Å²) in [5, 5.41) is 0. The molecule has 2 aliphatic rings. The van der Waals surface area contributed by atoms with E-state index >= 15 is 0 Å². The molecule has 0 bridgehead atoms. The molecule has 128 valence electrons. The zero-order chi connectivity index (χ0) is 16.8. The average Bonchev–Trinajstić information content (AvgIpc) is 2.89. The monoisotopic (exact) mass is 340 g/mol. The largest absolute Gasteiger partial charge is 0.445 e. The van der Waals surface area contributed by atoms with Crippen LogP contribution < -0.4 is 0 Å². The molecule has 1 saturated heterocycles. The van der Waals surface area contributed by atoms with E-state index in [0.29, 0.717) is 38.2 Å². The van der Waals surface area contributed by atoms with E-state index in [1.54, 1.807) is 4.90 Å². The van der Waals surface area contributed by atoms with Crippen molar-refractivity contribution in [3.05, 3.63) is 17.3 Å². The predicted molar refractivity (Wildman–Crippen MR) is 85.7 cm³/mol. The second kappa shape index (κ2) is 5.61. The van der Waals surface area contributed by atoms with Gasteiger partial charge in [-0.05, 0) is 12.8 Å². The van der Waals surface area contributed by atoms with Gasteiger partial charge < -0.3 is 9.32 Å². The van der Waals surface area contributed by atoms with Gasteiger partial charge in [0.15, 0.2) is 5.89 Å². The number of hydrogen-bond acceptors (Lipinski definition) is 5. The highest BCUT2D eigenvalue weighted by Gasteiger charge is 2.34. The zero-order valence-corrected chi connectivity index (χ0v) is 14.8. The van der Waals surface area contributed by atoms with E-state index in [1.807, 2.05) is 0 Å². The third-order valence-corrected chi connectivity index (χ3v) is 6.30.